The van der Waals surface area contributed by atoms with Crippen LogP contribution in [0.25, 0.3) is 0 Å². The van der Waals surface area contributed by atoms with E-state index in [2.05, 4.69) is 54.2 Å². The second kappa shape index (κ2) is 13.7. The van der Waals surface area contributed by atoms with E-state index in [0.717, 1.165) is 76.8 Å². The summed E-state index contributed by atoms with van der Waals surface area (Å²) in [5.74, 6) is 1.14. The number of rotatable bonds is 5. The number of aromatic nitrogens is 1. The molecule has 0 unspecified atom stereocenters. The Morgan fingerprint density at radius 1 is 0.907 bits per heavy atom. The maximum absolute atomic E-state index is 13.4. The summed E-state index contributed by atoms with van der Waals surface area (Å²) in [4.78, 5) is 35.0. The van der Waals surface area contributed by atoms with E-state index in [4.69, 9.17) is 16.6 Å². The molecule has 2 aromatic carbocycles. The highest BCUT2D eigenvalue weighted by Gasteiger charge is 2.37. The van der Waals surface area contributed by atoms with Gasteiger partial charge in [-0.25, -0.2) is 4.79 Å². The van der Waals surface area contributed by atoms with Gasteiger partial charge in [0.25, 0.3) is 0 Å². The molecule has 0 radical (unpaired) electrons. The van der Waals surface area contributed by atoms with E-state index in [9.17, 15) is 9.59 Å². The average Bonchev–Trinajstić information content (AvgIpc) is 3.17. The van der Waals surface area contributed by atoms with Gasteiger partial charge in [-0.3, -0.25) is 9.78 Å². The summed E-state index contributed by atoms with van der Waals surface area (Å²) in [5.41, 5.74) is 6.14. The lowest BCUT2D eigenvalue weighted by Gasteiger charge is -2.38. The van der Waals surface area contributed by atoms with Gasteiger partial charge in [0.1, 0.15) is 0 Å². The van der Waals surface area contributed by atoms with Crippen LogP contribution in [0.4, 0.5) is 4.79 Å². The van der Waals surface area contributed by atoms with Crippen molar-refractivity contribution in [2.24, 2.45) is 11.8 Å². The molecular formula is C34H37Br2ClN4O2. The van der Waals surface area contributed by atoms with Crippen LogP contribution < -0.4 is 5.32 Å². The molecule has 0 saturated carbocycles. The molecule has 1 atom stereocenters. The number of benzene rings is 2. The van der Waals surface area contributed by atoms with E-state index in [0.29, 0.717) is 37.9 Å². The van der Waals surface area contributed by atoms with Gasteiger partial charge in [0, 0.05) is 65.2 Å². The molecule has 3 heterocycles. The number of piperidine rings is 2. The molecule has 2 fully saturated rings. The molecule has 1 aliphatic carbocycles. The molecule has 0 bridgehead atoms. The number of pyridine rings is 1. The summed E-state index contributed by atoms with van der Waals surface area (Å²) >= 11 is 14.0. The van der Waals surface area contributed by atoms with E-state index >= 15 is 0 Å². The predicted molar refractivity (Wildman–Crippen MR) is 177 cm³/mol. The largest absolute Gasteiger partial charge is 0.343 e. The van der Waals surface area contributed by atoms with Crippen LogP contribution in [0.3, 0.4) is 0 Å². The molecule has 43 heavy (non-hydrogen) atoms. The van der Waals surface area contributed by atoms with Crippen LogP contribution in [0, 0.1) is 11.8 Å². The number of carbonyl (C=O) groups excluding carboxylic acids is 2. The third-order valence-electron chi connectivity index (χ3n) is 9.43. The van der Waals surface area contributed by atoms with Crippen LogP contribution in [0.1, 0.15) is 66.0 Å². The fourth-order valence-corrected chi connectivity index (χ4v) is 8.61. The molecule has 1 aromatic heterocycles. The second-order valence-corrected chi connectivity index (χ2v) is 14.3. The maximum atomic E-state index is 13.4. The summed E-state index contributed by atoms with van der Waals surface area (Å²) in [5, 5.41) is 3.78. The number of carbonyl (C=O) groups is 2. The van der Waals surface area contributed by atoms with Gasteiger partial charge in [0.2, 0.25) is 5.91 Å². The van der Waals surface area contributed by atoms with Crippen molar-refractivity contribution in [1.29, 1.82) is 0 Å². The van der Waals surface area contributed by atoms with Crippen LogP contribution in [0.15, 0.2) is 63.7 Å². The van der Waals surface area contributed by atoms with Gasteiger partial charge in [-0.2, -0.15) is 0 Å². The fraction of sp³-hybridized carbons (Fsp3) is 0.441. The molecule has 2 saturated heterocycles. The lowest BCUT2D eigenvalue weighted by molar-refractivity contribution is -0.134. The topological polar surface area (TPSA) is 65.5 Å². The van der Waals surface area contributed by atoms with Crippen LogP contribution in [0.5, 0.6) is 0 Å². The second-order valence-electron chi connectivity index (χ2n) is 12.1. The van der Waals surface area contributed by atoms with Gasteiger partial charge in [0.05, 0.1) is 5.69 Å². The number of nitrogens with zero attached hydrogens (tertiary/aromatic N) is 3. The van der Waals surface area contributed by atoms with Gasteiger partial charge in [-0.15, -0.1) is 0 Å². The summed E-state index contributed by atoms with van der Waals surface area (Å²) in [6, 6.07) is 16.3. The van der Waals surface area contributed by atoms with Crippen molar-refractivity contribution in [1.82, 2.24) is 20.1 Å². The standard InChI is InChI=1S/C34H37Br2ClN4O2/c35-27-17-26-7-6-25-18-28(37)19-29(36)31(25)32(33(26)38-21-27)24-10-14-40(15-11-24)30(42)16-22-8-12-41(13-9-22)34(43)39-20-23-4-2-1-3-5-23/h1-5,17-19,21-22,24,32H,6-16,20H2,(H,39,43)/t32-/m1/s1. The normalized spacial score (nSPS) is 19.4. The van der Waals surface area contributed by atoms with E-state index in [1.54, 1.807) is 0 Å². The zero-order chi connectivity index (χ0) is 29.9. The maximum Gasteiger partial charge on any atom is 0.317 e. The summed E-state index contributed by atoms with van der Waals surface area (Å²) in [6.07, 6.45) is 7.98. The third kappa shape index (κ3) is 7.12. The number of fused-ring (bicyclic) bond motifs is 2. The summed E-state index contributed by atoms with van der Waals surface area (Å²) in [6.45, 7) is 3.47. The quantitative estimate of drug-likeness (QED) is 0.293. The Morgan fingerprint density at radius 2 is 1.60 bits per heavy atom. The monoisotopic (exact) mass is 726 g/mol. The van der Waals surface area contributed by atoms with Gasteiger partial charge in [0.15, 0.2) is 0 Å². The van der Waals surface area contributed by atoms with Gasteiger partial charge in [-0.05, 0) is 107 Å². The first-order valence-electron chi connectivity index (χ1n) is 15.3. The Morgan fingerprint density at radius 3 is 2.35 bits per heavy atom. The fourth-order valence-electron chi connectivity index (χ4n) is 7.11. The predicted octanol–water partition coefficient (Wildman–Crippen LogP) is 7.74. The first-order chi connectivity index (χ1) is 20.9. The minimum absolute atomic E-state index is 0.0203. The Balaban J connectivity index is 1.04. The van der Waals surface area contributed by atoms with E-state index < -0.39 is 0 Å². The number of amides is 3. The Bertz CT molecular complexity index is 1470. The molecule has 6 rings (SSSR count). The molecule has 1 N–H and O–H groups in total. The minimum Gasteiger partial charge on any atom is -0.343 e. The molecule has 3 aromatic rings. The highest BCUT2D eigenvalue weighted by Crippen LogP contribution is 2.46. The van der Waals surface area contributed by atoms with Crippen LogP contribution >= 0.6 is 43.5 Å². The number of hydrogen-bond donors (Lipinski definition) is 1. The zero-order valence-corrected chi connectivity index (χ0v) is 28.1. The number of halogens is 3. The van der Waals surface area contributed by atoms with Crippen molar-refractivity contribution < 1.29 is 9.59 Å². The molecule has 2 aliphatic heterocycles. The van der Waals surface area contributed by atoms with E-state index in [1.807, 2.05) is 47.5 Å². The first kappa shape index (κ1) is 30.6. The zero-order valence-electron chi connectivity index (χ0n) is 24.2. The molecule has 3 amide bonds. The summed E-state index contributed by atoms with van der Waals surface area (Å²) < 4.78 is 2.06. The molecule has 226 valence electrons. The summed E-state index contributed by atoms with van der Waals surface area (Å²) in [7, 11) is 0. The number of hydrogen-bond acceptors (Lipinski definition) is 3. The van der Waals surface area contributed by atoms with Crippen molar-refractivity contribution in [3.63, 3.8) is 0 Å². The lowest BCUT2D eigenvalue weighted by Crippen LogP contribution is -2.45. The van der Waals surface area contributed by atoms with Crippen LogP contribution in [-0.2, 0) is 24.2 Å². The average molecular weight is 729 g/mol. The van der Waals surface area contributed by atoms with Gasteiger partial charge >= 0.3 is 6.03 Å². The highest BCUT2D eigenvalue weighted by molar-refractivity contribution is 9.10. The number of nitrogens with one attached hydrogen (secondary N) is 1. The van der Waals surface area contributed by atoms with Crippen molar-refractivity contribution >= 4 is 55.4 Å². The third-order valence-corrected chi connectivity index (χ3v) is 10.7. The SMILES string of the molecule is O=C(CC1CCN(C(=O)NCc2ccccc2)CC1)N1CCC([C@H]2c3ncc(Br)cc3CCc3cc(Cl)cc(Br)c32)CC1. The first-order valence-corrected chi connectivity index (χ1v) is 17.3. The Labute approximate surface area is 275 Å². The van der Waals surface area contributed by atoms with Crippen molar-refractivity contribution in [2.45, 2.75) is 57.4 Å². The molecule has 0 spiro atoms. The number of likely N-dealkylation sites (tertiary alicyclic amines) is 2. The van der Waals surface area contributed by atoms with E-state index in [-0.39, 0.29) is 17.9 Å². The molecule has 9 heteroatoms. The van der Waals surface area contributed by atoms with Crippen molar-refractivity contribution in [2.75, 3.05) is 26.2 Å². The number of aryl methyl sites for hydroxylation is 2. The van der Waals surface area contributed by atoms with Crippen LogP contribution in [-0.4, -0.2) is 52.9 Å². The Kier molecular flexibility index (Phi) is 9.75. The smallest absolute Gasteiger partial charge is 0.317 e. The van der Waals surface area contributed by atoms with Crippen molar-refractivity contribution in [3.05, 3.63) is 96.6 Å². The minimum atomic E-state index is -0.0203. The van der Waals surface area contributed by atoms with Gasteiger partial charge < -0.3 is 15.1 Å². The highest BCUT2D eigenvalue weighted by atomic mass is 79.9. The van der Waals surface area contributed by atoms with Crippen LogP contribution in [0.2, 0.25) is 5.02 Å². The van der Waals surface area contributed by atoms with E-state index in [1.165, 1.54) is 16.7 Å². The Hall–Kier alpha value is -2.42. The molecule has 6 nitrogen and oxygen atoms in total. The lowest BCUT2D eigenvalue weighted by atomic mass is 9.76. The number of urea groups is 1. The van der Waals surface area contributed by atoms with Crippen molar-refractivity contribution in [3.8, 4) is 0 Å². The molecule has 3 aliphatic rings. The molecular weight excluding hydrogens is 692 g/mol. The van der Waals surface area contributed by atoms with Gasteiger partial charge in [-0.1, -0.05) is 57.9 Å².